The number of carbonyl (C=O) groups is 1. The number of hydrogen-bond acceptors (Lipinski definition) is 7. The average molecular weight is 566 g/mol. The zero-order valence-electron chi connectivity index (χ0n) is 21.9. The van der Waals surface area contributed by atoms with Crippen LogP contribution in [0.15, 0.2) is 77.7 Å². The number of para-hydroxylation sites is 1. The van der Waals surface area contributed by atoms with Gasteiger partial charge in [-0.05, 0) is 61.7 Å². The Morgan fingerprint density at radius 1 is 1.08 bits per heavy atom. The summed E-state index contributed by atoms with van der Waals surface area (Å²) in [5.41, 5.74) is 1.98. The molecular formula is C29H31N3O5S2. The van der Waals surface area contributed by atoms with Crippen LogP contribution in [0.25, 0.3) is 10.2 Å². The van der Waals surface area contributed by atoms with E-state index in [1.807, 2.05) is 55.5 Å². The Balaban J connectivity index is 1.41. The molecule has 5 rings (SSSR count). The van der Waals surface area contributed by atoms with Gasteiger partial charge in [0.05, 0.1) is 28.9 Å². The molecule has 1 amide bonds. The van der Waals surface area contributed by atoms with Gasteiger partial charge in [0, 0.05) is 25.8 Å². The van der Waals surface area contributed by atoms with E-state index in [4.69, 9.17) is 14.5 Å². The number of hydrogen-bond donors (Lipinski definition) is 0. The molecule has 39 heavy (non-hydrogen) atoms. The summed E-state index contributed by atoms with van der Waals surface area (Å²) in [4.78, 5) is 20.4. The number of rotatable bonds is 10. The maximum atomic E-state index is 13.8. The van der Waals surface area contributed by atoms with Gasteiger partial charge in [-0.3, -0.25) is 9.69 Å². The molecule has 0 radical (unpaired) electrons. The maximum Gasteiger partial charge on any atom is 0.260 e. The predicted molar refractivity (Wildman–Crippen MR) is 153 cm³/mol. The third kappa shape index (κ3) is 5.99. The van der Waals surface area contributed by atoms with Gasteiger partial charge in [0.15, 0.2) is 5.13 Å². The predicted octanol–water partition coefficient (Wildman–Crippen LogP) is 5.34. The van der Waals surface area contributed by atoms with Crippen molar-refractivity contribution in [2.75, 3.05) is 31.7 Å². The lowest BCUT2D eigenvalue weighted by Crippen LogP contribution is -2.37. The molecule has 3 aromatic carbocycles. The first-order valence-corrected chi connectivity index (χ1v) is 15.2. The largest absolute Gasteiger partial charge is 0.492 e. The van der Waals surface area contributed by atoms with Gasteiger partial charge in [-0.15, -0.1) is 0 Å². The van der Waals surface area contributed by atoms with Crippen molar-refractivity contribution in [1.82, 2.24) is 9.29 Å². The van der Waals surface area contributed by atoms with E-state index in [9.17, 15) is 13.2 Å². The minimum absolute atomic E-state index is 0.0846. The number of thiazole rings is 1. The van der Waals surface area contributed by atoms with Gasteiger partial charge in [-0.25, -0.2) is 13.4 Å². The quantitative estimate of drug-likeness (QED) is 0.258. The van der Waals surface area contributed by atoms with E-state index >= 15 is 0 Å². The molecule has 1 saturated heterocycles. The van der Waals surface area contributed by atoms with Crippen molar-refractivity contribution in [3.05, 3.63) is 83.9 Å². The van der Waals surface area contributed by atoms with Gasteiger partial charge in [0.2, 0.25) is 10.0 Å². The first-order valence-electron chi connectivity index (χ1n) is 12.9. The number of sulfonamides is 1. The van der Waals surface area contributed by atoms with Gasteiger partial charge in [0.25, 0.3) is 5.91 Å². The number of nitrogens with zero attached hydrogens (tertiary/aromatic N) is 3. The topological polar surface area (TPSA) is 89.0 Å². The summed E-state index contributed by atoms with van der Waals surface area (Å²) in [6.07, 6.45) is 1.73. The molecule has 1 unspecified atom stereocenters. The lowest BCUT2D eigenvalue weighted by atomic mass is 10.2. The molecular weight excluding hydrogens is 534 g/mol. The van der Waals surface area contributed by atoms with Crippen molar-refractivity contribution in [1.29, 1.82) is 0 Å². The van der Waals surface area contributed by atoms with Gasteiger partial charge in [0.1, 0.15) is 11.3 Å². The van der Waals surface area contributed by atoms with Crippen molar-refractivity contribution in [3.63, 3.8) is 0 Å². The second kappa shape index (κ2) is 11.8. The second-order valence-electron chi connectivity index (χ2n) is 9.35. The molecule has 1 aromatic heterocycles. The Labute approximate surface area is 232 Å². The molecule has 1 aliphatic rings. The standard InChI is InChI=1S/C29H31N3O5S2/c1-3-36-25-12-7-13-26-27(25)30-29(38-26)32(20-23-11-8-18-37-23)28(33)22-14-16-24(17-15-22)39(34,35)31(2)19-21-9-5-4-6-10-21/h4-7,9-10,12-17,23H,3,8,11,18-20H2,1-2H3. The third-order valence-corrected chi connectivity index (χ3v) is 9.48. The van der Waals surface area contributed by atoms with Crippen LogP contribution in [0.5, 0.6) is 5.75 Å². The summed E-state index contributed by atoms with van der Waals surface area (Å²) in [7, 11) is -2.18. The molecule has 10 heteroatoms. The summed E-state index contributed by atoms with van der Waals surface area (Å²) in [6, 6.07) is 21.3. The van der Waals surface area contributed by atoms with Crippen LogP contribution in [-0.2, 0) is 21.3 Å². The highest BCUT2D eigenvalue weighted by molar-refractivity contribution is 7.89. The Morgan fingerprint density at radius 2 is 1.85 bits per heavy atom. The van der Waals surface area contributed by atoms with Crippen LogP contribution < -0.4 is 9.64 Å². The van der Waals surface area contributed by atoms with Crippen molar-refractivity contribution in [3.8, 4) is 5.75 Å². The Hall–Kier alpha value is -3.31. The molecule has 0 bridgehead atoms. The van der Waals surface area contributed by atoms with Gasteiger partial charge in [-0.1, -0.05) is 47.7 Å². The number of fused-ring (bicyclic) bond motifs is 1. The highest BCUT2D eigenvalue weighted by Gasteiger charge is 2.28. The molecule has 204 valence electrons. The van der Waals surface area contributed by atoms with Crippen LogP contribution in [-0.4, -0.2) is 56.5 Å². The van der Waals surface area contributed by atoms with Crippen LogP contribution in [0.1, 0.15) is 35.7 Å². The first kappa shape index (κ1) is 27.3. The van der Waals surface area contributed by atoms with Crippen LogP contribution in [0.4, 0.5) is 5.13 Å². The fraction of sp³-hybridized carbons (Fsp3) is 0.310. The van der Waals surface area contributed by atoms with Crippen molar-refractivity contribution in [2.24, 2.45) is 0 Å². The number of aromatic nitrogens is 1. The molecule has 1 aliphatic heterocycles. The van der Waals surface area contributed by atoms with E-state index in [2.05, 4.69) is 0 Å². The molecule has 1 fully saturated rings. The van der Waals surface area contributed by atoms with Gasteiger partial charge < -0.3 is 9.47 Å². The van der Waals surface area contributed by atoms with Gasteiger partial charge in [-0.2, -0.15) is 4.31 Å². The molecule has 8 nitrogen and oxygen atoms in total. The zero-order valence-corrected chi connectivity index (χ0v) is 23.6. The highest BCUT2D eigenvalue weighted by Crippen LogP contribution is 2.35. The highest BCUT2D eigenvalue weighted by atomic mass is 32.2. The van der Waals surface area contributed by atoms with Crippen LogP contribution in [0, 0.1) is 0 Å². The fourth-order valence-corrected chi connectivity index (χ4v) is 6.72. The summed E-state index contributed by atoms with van der Waals surface area (Å²) in [5, 5.41) is 0.553. The average Bonchev–Trinajstić information content (AvgIpc) is 3.63. The number of ether oxygens (including phenoxy) is 2. The van der Waals surface area contributed by atoms with E-state index in [0.717, 1.165) is 23.1 Å². The van der Waals surface area contributed by atoms with E-state index in [-0.39, 0.29) is 23.5 Å². The number of amides is 1. The Bertz CT molecular complexity index is 1530. The molecule has 2 heterocycles. The number of carbonyl (C=O) groups excluding carboxylic acids is 1. The maximum absolute atomic E-state index is 13.8. The van der Waals surface area contributed by atoms with E-state index in [1.54, 1.807) is 24.1 Å². The summed E-state index contributed by atoms with van der Waals surface area (Å²) in [5.74, 6) is 0.417. The molecule has 0 spiro atoms. The summed E-state index contributed by atoms with van der Waals surface area (Å²) < 4.78 is 40.2. The van der Waals surface area contributed by atoms with E-state index < -0.39 is 10.0 Å². The van der Waals surface area contributed by atoms with Crippen LogP contribution in [0.3, 0.4) is 0 Å². The molecule has 1 atom stereocenters. The van der Waals surface area contributed by atoms with E-state index in [0.29, 0.717) is 41.7 Å². The van der Waals surface area contributed by atoms with Crippen LogP contribution >= 0.6 is 11.3 Å². The van der Waals surface area contributed by atoms with E-state index in [1.165, 1.54) is 27.8 Å². The molecule has 0 N–H and O–H groups in total. The monoisotopic (exact) mass is 565 g/mol. The lowest BCUT2D eigenvalue weighted by Gasteiger charge is -2.23. The summed E-state index contributed by atoms with van der Waals surface area (Å²) >= 11 is 1.42. The Morgan fingerprint density at radius 3 is 2.54 bits per heavy atom. The smallest absolute Gasteiger partial charge is 0.260 e. The molecule has 0 aliphatic carbocycles. The van der Waals surface area contributed by atoms with Crippen molar-refractivity contribution in [2.45, 2.75) is 37.3 Å². The minimum atomic E-state index is -3.73. The Kier molecular flexibility index (Phi) is 8.27. The molecule has 4 aromatic rings. The SMILES string of the molecule is CCOc1cccc2sc(N(CC3CCCO3)C(=O)c3ccc(S(=O)(=O)N(C)Cc4ccccc4)cc3)nc12. The van der Waals surface area contributed by atoms with Crippen molar-refractivity contribution >= 4 is 42.6 Å². The van der Waals surface area contributed by atoms with Gasteiger partial charge >= 0.3 is 0 Å². The minimum Gasteiger partial charge on any atom is -0.492 e. The normalized spacial score (nSPS) is 15.6. The summed E-state index contributed by atoms with van der Waals surface area (Å²) in [6.45, 7) is 3.72. The first-order chi connectivity index (χ1) is 18.9. The molecule has 0 saturated carbocycles. The van der Waals surface area contributed by atoms with Crippen LogP contribution in [0.2, 0.25) is 0 Å². The third-order valence-electron chi connectivity index (χ3n) is 6.61. The fourth-order valence-electron chi connectivity index (χ4n) is 4.57. The number of anilines is 1. The second-order valence-corrected chi connectivity index (χ2v) is 12.4. The zero-order chi connectivity index (χ0) is 27.4. The number of benzene rings is 3. The lowest BCUT2D eigenvalue weighted by molar-refractivity contribution is 0.0917. The van der Waals surface area contributed by atoms with Crippen molar-refractivity contribution < 1.29 is 22.7 Å².